The first-order valence-corrected chi connectivity index (χ1v) is 10.2. The number of hydrogen-bond donors (Lipinski definition) is 0. The third-order valence-electron chi connectivity index (χ3n) is 5.26. The van der Waals surface area contributed by atoms with E-state index in [2.05, 4.69) is 10.1 Å². The van der Waals surface area contributed by atoms with Crippen molar-refractivity contribution in [3.05, 3.63) is 60.0 Å². The summed E-state index contributed by atoms with van der Waals surface area (Å²) in [6.07, 6.45) is 1.81. The van der Waals surface area contributed by atoms with Gasteiger partial charge in [-0.25, -0.2) is 0 Å². The number of ether oxygens (including phenoxy) is 2. The zero-order valence-corrected chi connectivity index (χ0v) is 17.2. The highest BCUT2D eigenvalue weighted by Gasteiger charge is 2.29. The van der Waals surface area contributed by atoms with Crippen LogP contribution in [0.3, 0.4) is 0 Å². The molecule has 7 nitrogen and oxygen atoms in total. The number of piperidine rings is 1. The van der Waals surface area contributed by atoms with Gasteiger partial charge in [-0.3, -0.25) is 4.79 Å². The third-order valence-corrected chi connectivity index (χ3v) is 5.26. The van der Waals surface area contributed by atoms with Crippen LogP contribution in [0.1, 0.15) is 41.9 Å². The fourth-order valence-electron chi connectivity index (χ4n) is 3.66. The molecule has 1 aromatic heterocycles. The molecule has 1 aliphatic heterocycles. The molecule has 1 fully saturated rings. The Labute approximate surface area is 175 Å². The predicted octanol–water partition coefficient (Wildman–Crippen LogP) is 4.16. The minimum Gasteiger partial charge on any atom is -0.497 e. The Morgan fingerprint density at radius 2 is 1.87 bits per heavy atom. The highest BCUT2D eigenvalue weighted by molar-refractivity contribution is 5.94. The van der Waals surface area contributed by atoms with Crippen LogP contribution in [0, 0.1) is 0 Å². The van der Waals surface area contributed by atoms with Crippen LogP contribution >= 0.6 is 0 Å². The Morgan fingerprint density at radius 1 is 1.13 bits per heavy atom. The predicted molar refractivity (Wildman–Crippen MR) is 112 cm³/mol. The monoisotopic (exact) mass is 407 g/mol. The van der Waals surface area contributed by atoms with Gasteiger partial charge < -0.3 is 18.9 Å². The van der Waals surface area contributed by atoms with E-state index in [9.17, 15) is 4.79 Å². The number of methoxy groups -OCH3 is 1. The van der Waals surface area contributed by atoms with E-state index in [1.165, 1.54) is 0 Å². The molecule has 30 heavy (non-hydrogen) atoms. The molecule has 0 saturated carbocycles. The molecule has 2 aromatic carbocycles. The van der Waals surface area contributed by atoms with Crippen LogP contribution in [0.5, 0.6) is 11.5 Å². The molecule has 0 N–H and O–H groups in total. The fourth-order valence-corrected chi connectivity index (χ4v) is 3.66. The van der Waals surface area contributed by atoms with Crippen molar-refractivity contribution in [1.82, 2.24) is 15.0 Å². The summed E-state index contributed by atoms with van der Waals surface area (Å²) in [6, 6.07) is 14.8. The molecule has 1 saturated heterocycles. The van der Waals surface area contributed by atoms with Crippen molar-refractivity contribution in [3.8, 4) is 22.9 Å². The number of carbonyl (C=O) groups excluding carboxylic acids is 1. The van der Waals surface area contributed by atoms with E-state index < -0.39 is 0 Å². The van der Waals surface area contributed by atoms with Crippen LogP contribution < -0.4 is 9.47 Å². The smallest absolute Gasteiger partial charge is 0.253 e. The molecule has 3 aromatic rings. The Kier molecular flexibility index (Phi) is 5.97. The molecule has 1 amide bonds. The number of benzene rings is 2. The van der Waals surface area contributed by atoms with Gasteiger partial charge in [-0.2, -0.15) is 4.98 Å². The molecule has 156 valence electrons. The number of likely N-dealkylation sites (tertiary alicyclic amines) is 1. The first-order chi connectivity index (χ1) is 14.7. The fraction of sp³-hybridized carbons (Fsp3) is 0.348. The van der Waals surface area contributed by atoms with Gasteiger partial charge in [0.1, 0.15) is 11.5 Å². The number of amides is 1. The van der Waals surface area contributed by atoms with E-state index in [1.807, 2.05) is 60.4 Å². The number of rotatable bonds is 6. The molecular formula is C23H25N3O4. The van der Waals surface area contributed by atoms with Crippen molar-refractivity contribution in [2.24, 2.45) is 0 Å². The standard InChI is InChI=1S/C23H25N3O4/c1-3-29-20-12-8-17(9-13-20)23(27)26-14-4-5-18(15-26)22-24-21(25-30-22)16-6-10-19(28-2)11-7-16/h6-13,18H,3-5,14-15H2,1-2H3/t18-/m1/s1. The summed E-state index contributed by atoms with van der Waals surface area (Å²) in [5.74, 6) is 2.70. The molecule has 0 radical (unpaired) electrons. The molecule has 1 aliphatic rings. The highest BCUT2D eigenvalue weighted by Crippen LogP contribution is 2.29. The lowest BCUT2D eigenvalue weighted by Gasteiger charge is -2.31. The zero-order valence-electron chi connectivity index (χ0n) is 17.2. The number of carbonyl (C=O) groups is 1. The molecule has 0 spiro atoms. The summed E-state index contributed by atoms with van der Waals surface area (Å²) < 4.78 is 16.2. The molecule has 2 heterocycles. The summed E-state index contributed by atoms with van der Waals surface area (Å²) in [7, 11) is 1.63. The van der Waals surface area contributed by atoms with Crippen molar-refractivity contribution in [2.45, 2.75) is 25.7 Å². The highest BCUT2D eigenvalue weighted by atomic mass is 16.5. The first-order valence-electron chi connectivity index (χ1n) is 10.2. The average Bonchev–Trinajstić information content (AvgIpc) is 3.30. The van der Waals surface area contributed by atoms with Gasteiger partial charge in [-0.05, 0) is 68.3 Å². The topological polar surface area (TPSA) is 77.7 Å². The number of nitrogens with zero attached hydrogens (tertiary/aromatic N) is 3. The van der Waals surface area contributed by atoms with E-state index in [1.54, 1.807) is 7.11 Å². The quantitative estimate of drug-likeness (QED) is 0.610. The zero-order chi connectivity index (χ0) is 20.9. The molecule has 0 aliphatic carbocycles. The largest absolute Gasteiger partial charge is 0.497 e. The van der Waals surface area contributed by atoms with E-state index in [0.29, 0.717) is 30.4 Å². The van der Waals surface area contributed by atoms with Crippen LogP contribution in [0.2, 0.25) is 0 Å². The summed E-state index contributed by atoms with van der Waals surface area (Å²) in [6.45, 7) is 3.83. The van der Waals surface area contributed by atoms with Crippen LogP contribution in [-0.2, 0) is 0 Å². The Balaban J connectivity index is 1.44. The molecule has 0 bridgehead atoms. The van der Waals surface area contributed by atoms with E-state index in [4.69, 9.17) is 14.0 Å². The molecular weight excluding hydrogens is 382 g/mol. The maximum Gasteiger partial charge on any atom is 0.253 e. The second-order valence-corrected chi connectivity index (χ2v) is 7.23. The SMILES string of the molecule is CCOc1ccc(C(=O)N2CCC[C@@H](c3nc(-c4ccc(OC)cc4)no3)C2)cc1. The van der Waals surface area contributed by atoms with Gasteiger partial charge in [0.05, 0.1) is 19.6 Å². The molecule has 0 unspecified atom stereocenters. The summed E-state index contributed by atoms with van der Waals surface area (Å²) in [5.41, 5.74) is 1.52. The van der Waals surface area contributed by atoms with E-state index in [0.717, 1.165) is 36.4 Å². The number of hydrogen-bond acceptors (Lipinski definition) is 6. The maximum atomic E-state index is 12.9. The van der Waals surface area contributed by atoms with Crippen LogP contribution in [0.25, 0.3) is 11.4 Å². The van der Waals surface area contributed by atoms with Gasteiger partial charge in [-0.1, -0.05) is 5.16 Å². The van der Waals surface area contributed by atoms with Crippen LogP contribution in [0.4, 0.5) is 0 Å². The first kappa shape index (κ1) is 19.9. The lowest BCUT2D eigenvalue weighted by atomic mass is 9.97. The van der Waals surface area contributed by atoms with E-state index >= 15 is 0 Å². The van der Waals surface area contributed by atoms with Crippen molar-refractivity contribution >= 4 is 5.91 Å². The molecule has 4 rings (SSSR count). The molecule has 1 atom stereocenters. The number of aromatic nitrogens is 2. The van der Waals surface area contributed by atoms with Crippen molar-refractivity contribution in [3.63, 3.8) is 0 Å². The van der Waals surface area contributed by atoms with Crippen LogP contribution in [0.15, 0.2) is 53.1 Å². The van der Waals surface area contributed by atoms with Gasteiger partial charge in [0, 0.05) is 24.2 Å². The minimum absolute atomic E-state index is 0.0117. The lowest BCUT2D eigenvalue weighted by molar-refractivity contribution is 0.0695. The Morgan fingerprint density at radius 3 is 2.57 bits per heavy atom. The summed E-state index contributed by atoms with van der Waals surface area (Å²) >= 11 is 0. The second kappa shape index (κ2) is 8.98. The minimum atomic E-state index is 0.0117. The van der Waals surface area contributed by atoms with Gasteiger partial charge in [0.2, 0.25) is 11.7 Å². The maximum absolute atomic E-state index is 12.9. The summed E-state index contributed by atoms with van der Waals surface area (Å²) in [4.78, 5) is 19.4. The Bertz CT molecular complexity index is 982. The van der Waals surface area contributed by atoms with Crippen molar-refractivity contribution in [2.75, 3.05) is 26.8 Å². The normalized spacial score (nSPS) is 16.3. The Hall–Kier alpha value is -3.35. The second-order valence-electron chi connectivity index (χ2n) is 7.23. The van der Waals surface area contributed by atoms with Crippen molar-refractivity contribution < 1.29 is 18.8 Å². The third kappa shape index (κ3) is 4.30. The van der Waals surface area contributed by atoms with Gasteiger partial charge in [0.25, 0.3) is 5.91 Å². The van der Waals surface area contributed by atoms with Gasteiger partial charge in [-0.15, -0.1) is 0 Å². The molecule has 7 heteroatoms. The van der Waals surface area contributed by atoms with Crippen molar-refractivity contribution in [1.29, 1.82) is 0 Å². The van der Waals surface area contributed by atoms with Gasteiger partial charge in [0.15, 0.2) is 0 Å². The lowest BCUT2D eigenvalue weighted by Crippen LogP contribution is -2.39. The van der Waals surface area contributed by atoms with Crippen LogP contribution in [-0.4, -0.2) is 47.8 Å². The average molecular weight is 407 g/mol. The van der Waals surface area contributed by atoms with E-state index in [-0.39, 0.29) is 11.8 Å². The summed E-state index contributed by atoms with van der Waals surface area (Å²) in [5, 5.41) is 4.13. The van der Waals surface area contributed by atoms with Gasteiger partial charge >= 0.3 is 0 Å².